The second kappa shape index (κ2) is 17.0. The lowest BCUT2D eigenvalue weighted by Crippen LogP contribution is -2.16. The summed E-state index contributed by atoms with van der Waals surface area (Å²) in [6, 6.07) is 14.6. The molecule has 4 heteroatoms. The predicted octanol–water partition coefficient (Wildman–Crippen LogP) is 9.21. The first-order chi connectivity index (χ1) is 17.4. The van der Waals surface area contributed by atoms with Crippen LogP contribution >= 0.6 is 0 Å². The number of ether oxygens (including phenoxy) is 2. The van der Waals surface area contributed by atoms with Crippen LogP contribution in [0.1, 0.15) is 99.9 Å². The van der Waals surface area contributed by atoms with Gasteiger partial charge >= 0.3 is 5.97 Å². The number of carbonyl (C=O) groups is 1. The van der Waals surface area contributed by atoms with Crippen LogP contribution in [0.4, 0.5) is 0 Å². The van der Waals surface area contributed by atoms with Gasteiger partial charge in [-0.2, -0.15) is 0 Å². The van der Waals surface area contributed by atoms with E-state index in [-0.39, 0.29) is 5.97 Å². The van der Waals surface area contributed by atoms with Crippen molar-refractivity contribution in [3.63, 3.8) is 0 Å². The monoisotopic (exact) mass is 506 g/mol. The second-order valence-electron chi connectivity index (χ2n) is 10.7. The summed E-state index contributed by atoms with van der Waals surface area (Å²) in [5.41, 5.74) is 4.79. The largest absolute Gasteiger partial charge is 0.494 e. The first-order valence-electron chi connectivity index (χ1n) is 14.0. The minimum atomic E-state index is -1.41. The van der Waals surface area contributed by atoms with Gasteiger partial charge in [-0.15, -0.1) is 5.54 Å². The lowest BCUT2D eigenvalue weighted by atomic mass is 10.1. The van der Waals surface area contributed by atoms with Crippen molar-refractivity contribution in [1.82, 2.24) is 0 Å². The molecule has 3 nitrogen and oxygen atoms in total. The molecule has 0 fully saturated rings. The van der Waals surface area contributed by atoms with Crippen molar-refractivity contribution in [2.75, 3.05) is 6.61 Å². The highest BCUT2D eigenvalue weighted by molar-refractivity contribution is 6.83. The Bertz CT molecular complexity index is 931. The molecule has 2 aromatic rings. The highest BCUT2D eigenvalue weighted by Gasteiger charge is 2.10. The van der Waals surface area contributed by atoms with E-state index in [9.17, 15) is 4.79 Å². The average molecular weight is 507 g/mol. The van der Waals surface area contributed by atoms with E-state index in [0.717, 1.165) is 17.7 Å². The highest BCUT2D eigenvalue weighted by Crippen LogP contribution is 2.18. The number of hydrogen-bond acceptors (Lipinski definition) is 3. The molecule has 0 radical (unpaired) electrons. The summed E-state index contributed by atoms with van der Waals surface area (Å²) in [6.45, 7) is 9.63. The van der Waals surface area contributed by atoms with E-state index in [0.29, 0.717) is 17.9 Å². The van der Waals surface area contributed by atoms with Crippen molar-refractivity contribution >= 4 is 14.0 Å². The maximum absolute atomic E-state index is 12.5. The molecule has 2 aromatic carbocycles. The lowest BCUT2D eigenvalue weighted by Gasteiger charge is -2.08. The van der Waals surface area contributed by atoms with Gasteiger partial charge in [0, 0.05) is 5.56 Å². The summed E-state index contributed by atoms with van der Waals surface area (Å²) >= 11 is 0. The van der Waals surface area contributed by atoms with E-state index in [4.69, 9.17) is 9.47 Å². The van der Waals surface area contributed by atoms with E-state index in [1.807, 2.05) is 24.3 Å². The van der Waals surface area contributed by atoms with E-state index in [2.05, 4.69) is 38.0 Å². The summed E-state index contributed by atoms with van der Waals surface area (Å²) in [6.07, 6.45) is 16.0. The third-order valence-electron chi connectivity index (χ3n) is 6.00. The molecule has 0 heterocycles. The molecule has 0 aliphatic carbocycles. The molecule has 0 N–H and O–H groups in total. The molecule has 0 bridgehead atoms. The van der Waals surface area contributed by atoms with Gasteiger partial charge < -0.3 is 9.47 Å². The zero-order chi connectivity index (χ0) is 26.1. The number of hydrogen-bond donors (Lipinski definition) is 0. The molecule has 0 aliphatic heterocycles. The maximum atomic E-state index is 12.5. The molecule has 0 amide bonds. The van der Waals surface area contributed by atoms with Crippen LogP contribution in [0.5, 0.6) is 11.5 Å². The molecule has 0 unspecified atom stereocenters. The number of unbranched alkanes of at least 4 members (excludes halogenated alkanes) is 11. The number of benzene rings is 2. The molecule has 0 atom stereocenters. The van der Waals surface area contributed by atoms with Crippen LogP contribution in [0, 0.1) is 11.5 Å². The van der Waals surface area contributed by atoms with Crippen molar-refractivity contribution < 1.29 is 14.3 Å². The summed E-state index contributed by atoms with van der Waals surface area (Å²) in [4.78, 5) is 12.5. The van der Waals surface area contributed by atoms with Crippen LogP contribution < -0.4 is 9.47 Å². The summed E-state index contributed by atoms with van der Waals surface area (Å²) in [5.74, 6) is 4.14. The molecular weight excluding hydrogens is 460 g/mol. The Labute approximate surface area is 221 Å². The minimum absolute atomic E-state index is 0.372. The first-order valence-corrected chi connectivity index (χ1v) is 17.5. The standard InChI is InChI=1S/C32H46O3Si/c1-5-6-7-8-9-10-11-12-13-14-15-16-26-34-30-23-19-29(20-24-30)32(33)35-31-21-17-28(18-22-31)25-27-36(2,3)4/h17-24H,5-16,26H2,1-4H3. The predicted molar refractivity (Wildman–Crippen MR) is 155 cm³/mol. The Balaban J connectivity index is 1.59. The summed E-state index contributed by atoms with van der Waals surface area (Å²) < 4.78 is 11.4. The van der Waals surface area contributed by atoms with Crippen molar-refractivity contribution in [2.24, 2.45) is 0 Å². The van der Waals surface area contributed by atoms with Gasteiger partial charge in [0.2, 0.25) is 0 Å². The Morgan fingerprint density at radius 2 is 1.19 bits per heavy atom. The van der Waals surface area contributed by atoms with Crippen molar-refractivity contribution in [3.8, 4) is 23.0 Å². The molecule has 2 rings (SSSR count). The molecule has 0 saturated carbocycles. The van der Waals surface area contributed by atoms with Gasteiger partial charge in [-0.1, -0.05) is 103 Å². The number of rotatable bonds is 16. The minimum Gasteiger partial charge on any atom is -0.494 e. The van der Waals surface area contributed by atoms with Crippen molar-refractivity contribution in [3.05, 3.63) is 59.7 Å². The molecule has 196 valence electrons. The van der Waals surface area contributed by atoms with Crippen LogP contribution in [0.2, 0.25) is 19.6 Å². The second-order valence-corrected chi connectivity index (χ2v) is 15.4. The Kier molecular flexibility index (Phi) is 14.1. The van der Waals surface area contributed by atoms with E-state index in [1.165, 1.54) is 70.6 Å². The summed E-state index contributed by atoms with van der Waals surface area (Å²) in [7, 11) is -1.41. The smallest absolute Gasteiger partial charge is 0.343 e. The van der Waals surface area contributed by atoms with Gasteiger partial charge in [0.25, 0.3) is 0 Å². The van der Waals surface area contributed by atoms with Crippen LogP contribution in [0.25, 0.3) is 0 Å². The quantitative estimate of drug-likeness (QED) is 0.0748. The zero-order valence-corrected chi connectivity index (χ0v) is 24.0. The van der Waals surface area contributed by atoms with Crippen LogP contribution in [-0.4, -0.2) is 20.7 Å². The zero-order valence-electron chi connectivity index (χ0n) is 23.0. The Hall–Kier alpha value is -2.51. The molecule has 0 spiro atoms. The van der Waals surface area contributed by atoms with Gasteiger partial charge in [-0.05, 0) is 55.0 Å². The maximum Gasteiger partial charge on any atom is 0.343 e. The number of esters is 1. The molecule has 0 saturated heterocycles. The molecule has 0 aliphatic rings. The normalized spacial score (nSPS) is 11.0. The van der Waals surface area contributed by atoms with Gasteiger partial charge in [0.05, 0.1) is 12.2 Å². The van der Waals surface area contributed by atoms with Crippen molar-refractivity contribution in [2.45, 2.75) is 104 Å². The summed E-state index contributed by atoms with van der Waals surface area (Å²) in [5, 5.41) is 0. The third kappa shape index (κ3) is 13.5. The first kappa shape index (κ1) is 29.7. The molecular formula is C32H46O3Si. The fraction of sp³-hybridized carbons (Fsp3) is 0.531. The van der Waals surface area contributed by atoms with Gasteiger partial charge in [-0.25, -0.2) is 4.79 Å². The van der Waals surface area contributed by atoms with Crippen molar-refractivity contribution in [1.29, 1.82) is 0 Å². The van der Waals surface area contributed by atoms with E-state index in [1.54, 1.807) is 24.3 Å². The molecule has 0 aromatic heterocycles. The van der Waals surface area contributed by atoms with E-state index >= 15 is 0 Å². The van der Waals surface area contributed by atoms with Gasteiger partial charge in [-0.3, -0.25) is 0 Å². The number of carbonyl (C=O) groups excluding carboxylic acids is 1. The average Bonchev–Trinajstić information content (AvgIpc) is 2.86. The fourth-order valence-electron chi connectivity index (χ4n) is 3.85. The fourth-order valence-corrected chi connectivity index (χ4v) is 4.37. The van der Waals surface area contributed by atoms with Crippen LogP contribution in [0.15, 0.2) is 48.5 Å². The Morgan fingerprint density at radius 3 is 1.72 bits per heavy atom. The lowest BCUT2D eigenvalue weighted by molar-refractivity contribution is 0.0734. The van der Waals surface area contributed by atoms with Crippen LogP contribution in [-0.2, 0) is 0 Å². The van der Waals surface area contributed by atoms with Crippen LogP contribution in [0.3, 0.4) is 0 Å². The van der Waals surface area contributed by atoms with E-state index < -0.39 is 8.07 Å². The topological polar surface area (TPSA) is 35.5 Å². The molecule has 36 heavy (non-hydrogen) atoms. The Morgan fingerprint density at radius 1 is 0.694 bits per heavy atom. The SMILES string of the molecule is CCCCCCCCCCCCCCOc1ccc(C(=O)Oc2ccc(C#C[Si](C)(C)C)cc2)cc1. The third-order valence-corrected chi connectivity index (χ3v) is 6.88. The highest BCUT2D eigenvalue weighted by atomic mass is 28.3. The van der Waals surface area contributed by atoms with Gasteiger partial charge in [0.1, 0.15) is 19.6 Å². The van der Waals surface area contributed by atoms with Gasteiger partial charge in [0.15, 0.2) is 0 Å².